The second-order valence-corrected chi connectivity index (χ2v) is 5.02. The molecule has 0 aliphatic carbocycles. The van der Waals surface area contributed by atoms with Crippen molar-refractivity contribution < 1.29 is 0 Å². The van der Waals surface area contributed by atoms with Gasteiger partial charge in [-0.2, -0.15) is 5.10 Å². The highest BCUT2D eigenvalue weighted by molar-refractivity contribution is 5.52. The molecule has 1 N–H and O–H groups in total. The fourth-order valence-electron chi connectivity index (χ4n) is 2.32. The smallest absolute Gasteiger partial charge is 0.160 e. The lowest BCUT2D eigenvalue weighted by molar-refractivity contribution is 0.885. The van der Waals surface area contributed by atoms with Crippen LogP contribution in [0, 0.1) is 26.2 Å². The number of aryl methyl sites for hydroxylation is 2. The molecular weight excluding hydrogens is 260 g/mol. The van der Waals surface area contributed by atoms with Gasteiger partial charge in [-0.3, -0.25) is 0 Å². The molecule has 104 valence electrons. The second kappa shape index (κ2) is 5.29. The average molecular weight is 276 g/mol. The molecule has 0 radical (unpaired) electrons. The SMILES string of the molecule is C#Cc1ccc(NCc2cnn3c(C)cc(C)nc23)cc1. The van der Waals surface area contributed by atoms with E-state index in [0.29, 0.717) is 6.54 Å². The highest BCUT2D eigenvalue weighted by Crippen LogP contribution is 2.15. The zero-order valence-corrected chi connectivity index (χ0v) is 12.1. The number of hydrogen-bond acceptors (Lipinski definition) is 3. The van der Waals surface area contributed by atoms with Crippen molar-refractivity contribution in [3.63, 3.8) is 0 Å². The highest BCUT2D eigenvalue weighted by atomic mass is 15.3. The van der Waals surface area contributed by atoms with Gasteiger partial charge in [-0.05, 0) is 44.2 Å². The van der Waals surface area contributed by atoms with E-state index >= 15 is 0 Å². The van der Waals surface area contributed by atoms with Crippen LogP contribution in [0.2, 0.25) is 0 Å². The summed E-state index contributed by atoms with van der Waals surface area (Å²) >= 11 is 0. The molecule has 3 rings (SSSR count). The summed E-state index contributed by atoms with van der Waals surface area (Å²) in [7, 11) is 0. The lowest BCUT2D eigenvalue weighted by atomic mass is 10.2. The van der Waals surface area contributed by atoms with Gasteiger partial charge in [0.25, 0.3) is 0 Å². The first-order valence-corrected chi connectivity index (χ1v) is 6.79. The minimum Gasteiger partial charge on any atom is -0.381 e. The van der Waals surface area contributed by atoms with Crippen LogP contribution in [0.4, 0.5) is 5.69 Å². The number of rotatable bonds is 3. The number of aromatic nitrogens is 3. The van der Waals surface area contributed by atoms with Crippen LogP contribution in [0.3, 0.4) is 0 Å². The Kier molecular flexibility index (Phi) is 3.33. The molecule has 2 aromatic heterocycles. The third-order valence-corrected chi connectivity index (χ3v) is 3.39. The van der Waals surface area contributed by atoms with Crippen LogP contribution in [0.15, 0.2) is 36.5 Å². The number of benzene rings is 1. The summed E-state index contributed by atoms with van der Waals surface area (Å²) in [5.74, 6) is 2.61. The fraction of sp³-hybridized carbons (Fsp3) is 0.176. The van der Waals surface area contributed by atoms with E-state index in [2.05, 4.69) is 21.3 Å². The van der Waals surface area contributed by atoms with Crippen molar-refractivity contribution >= 4 is 11.3 Å². The number of fused-ring (bicyclic) bond motifs is 1. The monoisotopic (exact) mass is 276 g/mol. The molecule has 0 atom stereocenters. The molecule has 3 aromatic rings. The molecule has 0 saturated heterocycles. The third kappa shape index (κ3) is 2.59. The van der Waals surface area contributed by atoms with Crippen LogP contribution in [0.25, 0.3) is 5.65 Å². The van der Waals surface area contributed by atoms with Crippen LogP contribution < -0.4 is 5.32 Å². The Morgan fingerprint density at radius 1 is 1.24 bits per heavy atom. The van der Waals surface area contributed by atoms with Gasteiger partial charge in [0, 0.05) is 34.7 Å². The van der Waals surface area contributed by atoms with Gasteiger partial charge in [-0.15, -0.1) is 6.42 Å². The number of nitrogens with one attached hydrogen (secondary N) is 1. The molecule has 2 heterocycles. The van der Waals surface area contributed by atoms with E-state index in [9.17, 15) is 0 Å². The molecule has 1 aromatic carbocycles. The van der Waals surface area contributed by atoms with E-state index in [1.807, 2.05) is 54.9 Å². The van der Waals surface area contributed by atoms with Crippen LogP contribution in [-0.4, -0.2) is 14.6 Å². The molecule has 0 bridgehead atoms. The number of hydrogen-bond donors (Lipinski definition) is 1. The van der Waals surface area contributed by atoms with Crippen molar-refractivity contribution in [2.24, 2.45) is 0 Å². The quantitative estimate of drug-likeness (QED) is 0.748. The number of terminal acetylenes is 1. The van der Waals surface area contributed by atoms with Crippen molar-refractivity contribution in [2.75, 3.05) is 5.32 Å². The van der Waals surface area contributed by atoms with Gasteiger partial charge in [-0.1, -0.05) is 5.92 Å². The Bertz CT molecular complexity index is 822. The van der Waals surface area contributed by atoms with Crippen molar-refractivity contribution in [1.82, 2.24) is 14.6 Å². The summed E-state index contributed by atoms with van der Waals surface area (Å²) < 4.78 is 1.87. The van der Waals surface area contributed by atoms with Gasteiger partial charge >= 0.3 is 0 Å². The molecule has 0 saturated carbocycles. The first kappa shape index (κ1) is 13.2. The van der Waals surface area contributed by atoms with Crippen molar-refractivity contribution in [1.29, 1.82) is 0 Å². The highest BCUT2D eigenvalue weighted by Gasteiger charge is 2.08. The van der Waals surface area contributed by atoms with Crippen molar-refractivity contribution in [2.45, 2.75) is 20.4 Å². The van der Waals surface area contributed by atoms with E-state index < -0.39 is 0 Å². The van der Waals surface area contributed by atoms with Gasteiger partial charge in [0.2, 0.25) is 0 Å². The first-order chi connectivity index (χ1) is 10.2. The molecule has 0 fully saturated rings. The predicted molar refractivity (Wildman–Crippen MR) is 84.2 cm³/mol. The standard InChI is InChI=1S/C17H16N4/c1-4-14-5-7-16(8-6-14)18-10-15-11-19-21-13(3)9-12(2)20-17(15)21/h1,5-9,11,18H,10H2,2-3H3. The molecule has 0 unspecified atom stereocenters. The average Bonchev–Trinajstić information content (AvgIpc) is 2.89. The molecule has 21 heavy (non-hydrogen) atoms. The molecule has 4 nitrogen and oxygen atoms in total. The van der Waals surface area contributed by atoms with E-state index in [0.717, 1.165) is 33.8 Å². The van der Waals surface area contributed by atoms with Crippen LogP contribution in [0.5, 0.6) is 0 Å². The summed E-state index contributed by atoms with van der Waals surface area (Å²) in [5.41, 5.74) is 5.97. The van der Waals surface area contributed by atoms with E-state index in [4.69, 9.17) is 6.42 Å². The van der Waals surface area contributed by atoms with Crippen molar-refractivity contribution in [3.05, 3.63) is 59.0 Å². The van der Waals surface area contributed by atoms with Crippen LogP contribution in [-0.2, 0) is 6.54 Å². The van der Waals surface area contributed by atoms with Gasteiger partial charge in [0.1, 0.15) is 0 Å². The lowest BCUT2D eigenvalue weighted by Crippen LogP contribution is -2.02. The molecule has 0 aliphatic rings. The summed E-state index contributed by atoms with van der Waals surface area (Å²) in [6, 6.07) is 9.82. The topological polar surface area (TPSA) is 42.2 Å². The Hall–Kier alpha value is -2.80. The maximum atomic E-state index is 5.35. The molecule has 0 aliphatic heterocycles. The fourth-order valence-corrected chi connectivity index (χ4v) is 2.32. The third-order valence-electron chi connectivity index (χ3n) is 3.39. The Balaban J connectivity index is 1.83. The lowest BCUT2D eigenvalue weighted by Gasteiger charge is -2.06. The number of anilines is 1. The van der Waals surface area contributed by atoms with Gasteiger partial charge in [0.05, 0.1) is 6.20 Å². The molecular formula is C17H16N4. The Labute approximate surface area is 123 Å². The van der Waals surface area contributed by atoms with Crippen molar-refractivity contribution in [3.8, 4) is 12.3 Å². The summed E-state index contributed by atoms with van der Waals surface area (Å²) in [5, 5.41) is 7.75. The summed E-state index contributed by atoms with van der Waals surface area (Å²) in [6.07, 6.45) is 7.21. The first-order valence-electron chi connectivity index (χ1n) is 6.79. The van der Waals surface area contributed by atoms with Crippen LogP contribution >= 0.6 is 0 Å². The zero-order chi connectivity index (χ0) is 14.8. The summed E-state index contributed by atoms with van der Waals surface area (Å²) in [4.78, 5) is 4.57. The predicted octanol–water partition coefficient (Wildman–Crippen LogP) is 2.94. The van der Waals surface area contributed by atoms with E-state index in [1.165, 1.54) is 0 Å². The van der Waals surface area contributed by atoms with Crippen LogP contribution in [0.1, 0.15) is 22.5 Å². The normalized spacial score (nSPS) is 10.5. The maximum Gasteiger partial charge on any atom is 0.160 e. The minimum atomic E-state index is 0.675. The molecule has 0 amide bonds. The van der Waals surface area contributed by atoms with E-state index in [-0.39, 0.29) is 0 Å². The molecule has 0 spiro atoms. The van der Waals surface area contributed by atoms with Gasteiger partial charge < -0.3 is 5.32 Å². The molecule has 4 heteroatoms. The zero-order valence-electron chi connectivity index (χ0n) is 12.1. The van der Waals surface area contributed by atoms with Gasteiger partial charge in [0.15, 0.2) is 5.65 Å². The Morgan fingerprint density at radius 2 is 2.00 bits per heavy atom. The Morgan fingerprint density at radius 3 is 2.71 bits per heavy atom. The minimum absolute atomic E-state index is 0.675. The van der Waals surface area contributed by atoms with E-state index in [1.54, 1.807) is 0 Å². The van der Waals surface area contributed by atoms with Gasteiger partial charge in [-0.25, -0.2) is 9.50 Å². The maximum absolute atomic E-state index is 5.35. The summed E-state index contributed by atoms with van der Waals surface area (Å²) in [6.45, 7) is 4.70. The largest absolute Gasteiger partial charge is 0.381 e. The second-order valence-electron chi connectivity index (χ2n) is 5.02. The number of nitrogens with zero attached hydrogens (tertiary/aromatic N) is 3.